The molecule has 1 aromatic rings. The van der Waals surface area contributed by atoms with E-state index in [0.29, 0.717) is 0 Å². The van der Waals surface area contributed by atoms with E-state index < -0.39 is 11.6 Å². The number of hydroxylamine groups is 1. The molecule has 0 fully saturated rings. The fourth-order valence-electron chi connectivity index (χ4n) is 1.54. The quantitative estimate of drug-likeness (QED) is 0.578. The van der Waals surface area contributed by atoms with Crippen molar-refractivity contribution in [2.24, 2.45) is 5.73 Å². The van der Waals surface area contributed by atoms with Crippen LogP contribution in [0.2, 0.25) is 0 Å². The molecule has 0 atom stereocenters. The van der Waals surface area contributed by atoms with Crippen molar-refractivity contribution in [3.63, 3.8) is 0 Å². The number of hydrogen-bond acceptors (Lipinski definition) is 6. The van der Waals surface area contributed by atoms with E-state index in [1.807, 2.05) is 0 Å². The van der Waals surface area contributed by atoms with Gasteiger partial charge in [-0.2, -0.15) is 5.48 Å². The summed E-state index contributed by atoms with van der Waals surface area (Å²) in [5, 5.41) is 0. The summed E-state index contributed by atoms with van der Waals surface area (Å²) in [6.45, 7) is 0. The maximum Gasteiger partial charge on any atom is 0.242 e. The molecule has 3 N–H and O–H groups in total. The molecule has 0 saturated carbocycles. The number of allylic oxidation sites excluding steroid dienone is 2. The monoisotopic (exact) mass is 234 g/mol. The first kappa shape index (κ1) is 11.3. The summed E-state index contributed by atoms with van der Waals surface area (Å²) < 4.78 is 0. The van der Waals surface area contributed by atoms with Crippen molar-refractivity contribution in [2.75, 3.05) is 7.05 Å². The van der Waals surface area contributed by atoms with Crippen LogP contribution in [0.5, 0.6) is 0 Å². The van der Waals surface area contributed by atoms with Crippen LogP contribution < -0.4 is 11.2 Å². The van der Waals surface area contributed by atoms with Crippen molar-refractivity contribution < 1.29 is 19.5 Å². The Bertz CT molecular complexity index is 522. The van der Waals surface area contributed by atoms with E-state index in [1.54, 1.807) is 12.1 Å². The molecule has 6 nitrogen and oxygen atoms in total. The normalized spacial score (nSPS) is 14.9. The first-order chi connectivity index (χ1) is 8.16. The second-order valence-electron chi connectivity index (χ2n) is 3.32. The Hall–Kier alpha value is -2.18. The molecule has 0 amide bonds. The minimum Gasteiger partial charge on any atom is -0.392 e. The number of carbonyl (C=O) groups is 2. The summed E-state index contributed by atoms with van der Waals surface area (Å²) in [6, 6.07) is 6.39. The van der Waals surface area contributed by atoms with Crippen LogP contribution in [0.15, 0.2) is 35.7 Å². The zero-order valence-electron chi connectivity index (χ0n) is 9.02. The zero-order valence-corrected chi connectivity index (χ0v) is 9.02. The summed E-state index contributed by atoms with van der Waals surface area (Å²) in [4.78, 5) is 32.9. The Labute approximate surface area is 96.9 Å². The summed E-state index contributed by atoms with van der Waals surface area (Å²) >= 11 is 0. The largest absolute Gasteiger partial charge is 0.392 e. The standard InChI is InChI=1S/C11H10N2O4/c1-13-17-16-11-8(12)9(14)6-4-2-3-5-7(6)10(11)15/h2-5,13H,12H2,1H3. The van der Waals surface area contributed by atoms with Crippen LogP contribution in [0.3, 0.4) is 0 Å². The second-order valence-corrected chi connectivity index (χ2v) is 3.32. The van der Waals surface area contributed by atoms with Crippen molar-refractivity contribution in [1.82, 2.24) is 5.48 Å². The molecule has 0 bridgehead atoms. The molecule has 0 heterocycles. The van der Waals surface area contributed by atoms with Crippen LogP contribution in [-0.2, 0) is 9.88 Å². The van der Waals surface area contributed by atoms with Crippen molar-refractivity contribution in [1.29, 1.82) is 0 Å². The minimum absolute atomic E-state index is 0.251. The third kappa shape index (κ3) is 1.79. The van der Waals surface area contributed by atoms with Gasteiger partial charge in [-0.1, -0.05) is 29.3 Å². The third-order valence-corrected chi connectivity index (χ3v) is 2.32. The van der Waals surface area contributed by atoms with Crippen molar-refractivity contribution >= 4 is 11.6 Å². The maximum absolute atomic E-state index is 12.0. The Balaban J connectivity index is 2.47. The Morgan fingerprint density at radius 2 is 1.71 bits per heavy atom. The van der Waals surface area contributed by atoms with E-state index in [-0.39, 0.29) is 22.6 Å². The Morgan fingerprint density at radius 1 is 1.12 bits per heavy atom. The first-order valence-corrected chi connectivity index (χ1v) is 4.85. The second kappa shape index (κ2) is 4.36. The van der Waals surface area contributed by atoms with Crippen LogP contribution >= 0.6 is 0 Å². The van der Waals surface area contributed by atoms with Crippen molar-refractivity contribution in [2.45, 2.75) is 0 Å². The molecule has 0 unspecified atom stereocenters. The average Bonchev–Trinajstić information content (AvgIpc) is 2.36. The highest BCUT2D eigenvalue weighted by atomic mass is 17.3. The van der Waals surface area contributed by atoms with Crippen molar-refractivity contribution in [3.05, 3.63) is 46.8 Å². The molecule has 17 heavy (non-hydrogen) atoms. The lowest BCUT2D eigenvalue weighted by atomic mass is 9.92. The number of fused-ring (bicyclic) bond motifs is 1. The number of nitrogens with two attached hydrogens (primary N) is 1. The van der Waals surface area contributed by atoms with Gasteiger partial charge < -0.3 is 10.6 Å². The van der Waals surface area contributed by atoms with Crippen LogP contribution in [0.25, 0.3) is 0 Å². The highest BCUT2D eigenvalue weighted by Gasteiger charge is 2.32. The van der Waals surface area contributed by atoms with Crippen molar-refractivity contribution in [3.8, 4) is 0 Å². The molecular weight excluding hydrogens is 224 g/mol. The molecule has 0 aliphatic heterocycles. The van der Waals surface area contributed by atoms with E-state index in [9.17, 15) is 9.59 Å². The highest BCUT2D eigenvalue weighted by Crippen LogP contribution is 2.24. The van der Waals surface area contributed by atoms with Gasteiger partial charge in [-0.05, 0) is 0 Å². The first-order valence-electron chi connectivity index (χ1n) is 4.85. The lowest BCUT2D eigenvalue weighted by Gasteiger charge is -2.16. The lowest BCUT2D eigenvalue weighted by Crippen LogP contribution is -2.28. The maximum atomic E-state index is 12.0. The van der Waals surface area contributed by atoms with E-state index in [1.165, 1.54) is 19.2 Å². The number of ketones is 2. The van der Waals surface area contributed by atoms with Gasteiger partial charge in [0, 0.05) is 18.2 Å². The predicted octanol–water partition coefficient (Wildman–Crippen LogP) is 0.318. The van der Waals surface area contributed by atoms with Crippen LogP contribution in [0, 0.1) is 0 Å². The third-order valence-electron chi connectivity index (χ3n) is 2.32. The number of hydrogen-bond donors (Lipinski definition) is 2. The Kier molecular flexibility index (Phi) is 2.90. The van der Waals surface area contributed by atoms with Gasteiger partial charge in [0.1, 0.15) is 5.70 Å². The Morgan fingerprint density at radius 3 is 2.29 bits per heavy atom. The zero-order chi connectivity index (χ0) is 12.4. The topological polar surface area (TPSA) is 90.7 Å². The fraction of sp³-hybridized carbons (Fsp3) is 0.0909. The van der Waals surface area contributed by atoms with Crippen LogP contribution in [-0.4, -0.2) is 18.6 Å². The molecule has 2 rings (SSSR count). The summed E-state index contributed by atoms with van der Waals surface area (Å²) in [6.07, 6.45) is 0. The van der Waals surface area contributed by atoms with E-state index in [2.05, 4.69) is 15.4 Å². The molecular formula is C11H10N2O4. The molecule has 88 valence electrons. The SMILES string of the molecule is CNOOC1=C(N)C(=O)c2ccccc2C1=O. The van der Waals surface area contributed by atoms with E-state index >= 15 is 0 Å². The van der Waals surface area contributed by atoms with Gasteiger partial charge in [-0.3, -0.25) is 9.59 Å². The minimum atomic E-state index is -0.479. The van der Waals surface area contributed by atoms with Gasteiger partial charge in [-0.25, -0.2) is 0 Å². The smallest absolute Gasteiger partial charge is 0.242 e. The molecule has 6 heteroatoms. The molecule has 1 aliphatic rings. The lowest BCUT2D eigenvalue weighted by molar-refractivity contribution is -0.298. The van der Waals surface area contributed by atoms with Gasteiger partial charge in [0.05, 0.1) is 0 Å². The molecule has 0 spiro atoms. The van der Waals surface area contributed by atoms with Gasteiger partial charge in [-0.15, -0.1) is 0 Å². The summed E-state index contributed by atoms with van der Waals surface area (Å²) in [7, 11) is 1.44. The van der Waals surface area contributed by atoms with E-state index in [0.717, 1.165) is 0 Å². The molecule has 0 aromatic heterocycles. The number of Topliss-reactive ketones (excluding diaryl/α,β-unsaturated/α-hetero) is 2. The van der Waals surface area contributed by atoms with Crippen LogP contribution in [0.4, 0.5) is 0 Å². The molecule has 0 saturated heterocycles. The van der Waals surface area contributed by atoms with Gasteiger partial charge in [0.2, 0.25) is 17.3 Å². The van der Waals surface area contributed by atoms with E-state index in [4.69, 9.17) is 5.73 Å². The van der Waals surface area contributed by atoms with Gasteiger partial charge in [0.15, 0.2) is 0 Å². The fourth-order valence-corrected chi connectivity index (χ4v) is 1.54. The summed E-state index contributed by atoms with van der Waals surface area (Å²) in [5.74, 6) is -1.23. The summed E-state index contributed by atoms with van der Waals surface area (Å²) in [5.41, 5.74) is 8.03. The van der Waals surface area contributed by atoms with Gasteiger partial charge in [0.25, 0.3) is 0 Å². The van der Waals surface area contributed by atoms with Crippen LogP contribution in [0.1, 0.15) is 20.7 Å². The number of nitrogens with one attached hydrogen (secondary N) is 1. The predicted molar refractivity (Wildman–Crippen MR) is 57.5 cm³/mol. The average molecular weight is 234 g/mol. The molecule has 0 radical (unpaired) electrons. The molecule has 1 aliphatic carbocycles. The molecule has 1 aromatic carbocycles. The number of carbonyl (C=O) groups excluding carboxylic acids is 2. The number of rotatable bonds is 3. The van der Waals surface area contributed by atoms with Gasteiger partial charge >= 0.3 is 0 Å². The number of benzene rings is 1. The highest BCUT2D eigenvalue weighted by molar-refractivity contribution is 6.25.